The molecule has 0 spiro atoms. The first-order chi connectivity index (χ1) is 8.09. The van der Waals surface area contributed by atoms with Gasteiger partial charge in [-0.2, -0.15) is 0 Å². The zero-order chi connectivity index (χ0) is 12.4. The van der Waals surface area contributed by atoms with Gasteiger partial charge >= 0.3 is 5.97 Å². The Balaban J connectivity index is 2.52. The van der Waals surface area contributed by atoms with E-state index < -0.39 is 5.97 Å². The summed E-state index contributed by atoms with van der Waals surface area (Å²) in [5, 5.41) is 9.16. The quantitative estimate of drug-likeness (QED) is 0.869. The van der Waals surface area contributed by atoms with Gasteiger partial charge in [0.1, 0.15) is 0 Å². The minimum atomic E-state index is -1.01. The number of carbonyl (C=O) groups is 1. The van der Waals surface area contributed by atoms with Crippen molar-refractivity contribution in [2.75, 3.05) is 0 Å². The first-order valence-electron chi connectivity index (χ1n) is 5.18. The molecule has 0 amide bonds. The summed E-state index contributed by atoms with van der Waals surface area (Å²) in [5.74, 6) is -1.01. The van der Waals surface area contributed by atoms with Gasteiger partial charge in [-0.05, 0) is 35.7 Å². The van der Waals surface area contributed by atoms with Crippen LogP contribution in [0.3, 0.4) is 0 Å². The van der Waals surface area contributed by atoms with Crippen LogP contribution in [0.2, 0.25) is 5.02 Å². The van der Waals surface area contributed by atoms with Gasteiger partial charge < -0.3 is 5.11 Å². The predicted octanol–water partition coefficient (Wildman–Crippen LogP) is 4.01. The second-order valence-electron chi connectivity index (χ2n) is 3.81. The SMILES string of the molecule is Cc1ccccc1-c1ccc(C(=O)O)c(Cl)c1. The summed E-state index contributed by atoms with van der Waals surface area (Å²) in [4.78, 5) is 10.9. The molecule has 0 radical (unpaired) electrons. The average Bonchev–Trinajstić information content (AvgIpc) is 2.29. The van der Waals surface area contributed by atoms with E-state index in [0.29, 0.717) is 0 Å². The first-order valence-corrected chi connectivity index (χ1v) is 5.56. The maximum absolute atomic E-state index is 10.9. The van der Waals surface area contributed by atoms with Gasteiger partial charge in [-0.3, -0.25) is 0 Å². The first kappa shape index (κ1) is 11.7. The predicted molar refractivity (Wildman–Crippen MR) is 68.6 cm³/mol. The van der Waals surface area contributed by atoms with Gasteiger partial charge in [-0.15, -0.1) is 0 Å². The molecule has 0 aromatic heterocycles. The number of carboxylic acids is 1. The third-order valence-electron chi connectivity index (χ3n) is 2.66. The lowest BCUT2D eigenvalue weighted by Gasteiger charge is -2.07. The van der Waals surface area contributed by atoms with Crippen LogP contribution in [-0.4, -0.2) is 11.1 Å². The van der Waals surface area contributed by atoms with E-state index in [1.807, 2.05) is 31.2 Å². The molecule has 2 rings (SSSR count). The Bertz CT molecular complexity index is 576. The van der Waals surface area contributed by atoms with Crippen LogP contribution in [0.4, 0.5) is 0 Å². The molecule has 0 atom stereocenters. The van der Waals surface area contributed by atoms with Gasteiger partial charge in [-0.1, -0.05) is 41.9 Å². The fourth-order valence-electron chi connectivity index (χ4n) is 1.75. The fourth-order valence-corrected chi connectivity index (χ4v) is 2.01. The molecule has 2 aromatic carbocycles. The molecular weight excluding hydrogens is 236 g/mol. The van der Waals surface area contributed by atoms with Crippen LogP contribution in [-0.2, 0) is 0 Å². The Hall–Kier alpha value is -1.80. The smallest absolute Gasteiger partial charge is 0.337 e. The Labute approximate surface area is 104 Å². The fraction of sp³-hybridized carbons (Fsp3) is 0.0714. The van der Waals surface area contributed by atoms with Crippen molar-refractivity contribution in [2.45, 2.75) is 6.92 Å². The van der Waals surface area contributed by atoms with Crippen molar-refractivity contribution in [3.8, 4) is 11.1 Å². The highest BCUT2D eigenvalue weighted by Gasteiger charge is 2.10. The topological polar surface area (TPSA) is 37.3 Å². The minimum absolute atomic E-state index is 0.129. The van der Waals surface area contributed by atoms with E-state index in [1.165, 1.54) is 6.07 Å². The Morgan fingerprint density at radius 2 is 1.88 bits per heavy atom. The molecule has 0 saturated carbocycles. The molecule has 2 aromatic rings. The van der Waals surface area contributed by atoms with E-state index in [-0.39, 0.29) is 10.6 Å². The van der Waals surface area contributed by atoms with Gasteiger partial charge in [0.15, 0.2) is 0 Å². The molecule has 2 nitrogen and oxygen atoms in total. The van der Waals surface area contributed by atoms with Crippen LogP contribution in [0.1, 0.15) is 15.9 Å². The normalized spacial score (nSPS) is 10.2. The summed E-state index contributed by atoms with van der Waals surface area (Å²) in [6, 6.07) is 12.9. The van der Waals surface area contributed by atoms with Gasteiger partial charge in [-0.25, -0.2) is 4.79 Å². The van der Waals surface area contributed by atoms with Crippen molar-refractivity contribution in [1.82, 2.24) is 0 Å². The van der Waals surface area contributed by atoms with Crippen molar-refractivity contribution in [2.24, 2.45) is 0 Å². The molecule has 17 heavy (non-hydrogen) atoms. The number of hydrogen-bond acceptors (Lipinski definition) is 1. The maximum atomic E-state index is 10.9. The third-order valence-corrected chi connectivity index (χ3v) is 2.97. The Morgan fingerprint density at radius 1 is 1.18 bits per heavy atom. The van der Waals surface area contributed by atoms with E-state index in [9.17, 15) is 4.79 Å². The van der Waals surface area contributed by atoms with Crippen molar-refractivity contribution < 1.29 is 9.90 Å². The lowest BCUT2D eigenvalue weighted by molar-refractivity contribution is 0.0697. The molecule has 0 aliphatic carbocycles. The molecule has 1 N–H and O–H groups in total. The summed E-state index contributed by atoms with van der Waals surface area (Å²) >= 11 is 5.95. The van der Waals surface area contributed by atoms with Crippen LogP contribution in [0.15, 0.2) is 42.5 Å². The molecule has 0 aliphatic rings. The highest BCUT2D eigenvalue weighted by atomic mass is 35.5. The van der Waals surface area contributed by atoms with Gasteiger partial charge in [0.05, 0.1) is 10.6 Å². The number of aromatic carboxylic acids is 1. The molecule has 0 aliphatic heterocycles. The largest absolute Gasteiger partial charge is 0.478 e. The van der Waals surface area contributed by atoms with Crippen LogP contribution in [0.25, 0.3) is 11.1 Å². The number of benzene rings is 2. The second kappa shape index (κ2) is 4.60. The number of aryl methyl sites for hydroxylation is 1. The summed E-state index contributed by atoms with van der Waals surface area (Å²) in [7, 11) is 0. The monoisotopic (exact) mass is 246 g/mol. The minimum Gasteiger partial charge on any atom is -0.478 e. The molecule has 0 saturated heterocycles. The number of carboxylic acid groups (broad SMARTS) is 1. The lowest BCUT2D eigenvalue weighted by Crippen LogP contribution is -1.97. The molecular formula is C14H11ClO2. The summed E-state index contributed by atoms with van der Waals surface area (Å²) in [5.41, 5.74) is 3.25. The summed E-state index contributed by atoms with van der Waals surface area (Å²) in [6.45, 7) is 2.01. The Morgan fingerprint density at radius 3 is 2.47 bits per heavy atom. The van der Waals surface area contributed by atoms with E-state index >= 15 is 0 Å². The van der Waals surface area contributed by atoms with Crippen LogP contribution in [0, 0.1) is 6.92 Å². The molecule has 0 heterocycles. The van der Waals surface area contributed by atoms with Crippen molar-refractivity contribution in [3.63, 3.8) is 0 Å². The average molecular weight is 247 g/mol. The Kier molecular flexibility index (Phi) is 3.16. The van der Waals surface area contributed by atoms with E-state index in [0.717, 1.165) is 16.7 Å². The number of hydrogen-bond donors (Lipinski definition) is 1. The highest BCUT2D eigenvalue weighted by molar-refractivity contribution is 6.33. The summed E-state index contributed by atoms with van der Waals surface area (Å²) in [6.07, 6.45) is 0. The number of halogens is 1. The standard InChI is InChI=1S/C14H11ClO2/c1-9-4-2-3-5-11(9)10-6-7-12(14(16)17)13(15)8-10/h2-8H,1H3,(H,16,17). The molecule has 0 fully saturated rings. The van der Waals surface area contributed by atoms with E-state index in [1.54, 1.807) is 12.1 Å². The van der Waals surface area contributed by atoms with E-state index in [2.05, 4.69) is 0 Å². The molecule has 0 bridgehead atoms. The maximum Gasteiger partial charge on any atom is 0.337 e. The van der Waals surface area contributed by atoms with Crippen molar-refractivity contribution in [1.29, 1.82) is 0 Å². The van der Waals surface area contributed by atoms with Crippen LogP contribution in [0.5, 0.6) is 0 Å². The molecule has 0 unspecified atom stereocenters. The van der Waals surface area contributed by atoms with Crippen LogP contribution < -0.4 is 0 Å². The lowest BCUT2D eigenvalue weighted by atomic mass is 9.99. The van der Waals surface area contributed by atoms with Crippen LogP contribution >= 0.6 is 11.6 Å². The van der Waals surface area contributed by atoms with Crippen molar-refractivity contribution in [3.05, 3.63) is 58.6 Å². The zero-order valence-electron chi connectivity index (χ0n) is 9.27. The van der Waals surface area contributed by atoms with E-state index in [4.69, 9.17) is 16.7 Å². The summed E-state index contributed by atoms with van der Waals surface area (Å²) < 4.78 is 0. The zero-order valence-corrected chi connectivity index (χ0v) is 10.0. The molecule has 86 valence electrons. The van der Waals surface area contributed by atoms with Gasteiger partial charge in [0.25, 0.3) is 0 Å². The highest BCUT2D eigenvalue weighted by Crippen LogP contribution is 2.27. The third kappa shape index (κ3) is 2.32. The molecule has 3 heteroatoms. The number of rotatable bonds is 2. The second-order valence-corrected chi connectivity index (χ2v) is 4.22. The van der Waals surface area contributed by atoms with Crippen molar-refractivity contribution >= 4 is 17.6 Å². The van der Waals surface area contributed by atoms with Gasteiger partial charge in [0.2, 0.25) is 0 Å². The van der Waals surface area contributed by atoms with Gasteiger partial charge in [0, 0.05) is 0 Å².